The van der Waals surface area contributed by atoms with Gasteiger partial charge in [-0.25, -0.2) is 0 Å². The fraction of sp³-hybridized carbons (Fsp3) is 0.429. The number of carbonyl (C=O) groups is 2. The number of hydrogen-bond donors (Lipinski definition) is 2. The van der Waals surface area contributed by atoms with E-state index in [1.165, 1.54) is 11.8 Å². The van der Waals surface area contributed by atoms with E-state index in [2.05, 4.69) is 11.4 Å². The number of ketones is 1. The summed E-state index contributed by atoms with van der Waals surface area (Å²) in [5.41, 5.74) is 0.876. The van der Waals surface area contributed by atoms with Crippen LogP contribution in [-0.4, -0.2) is 44.3 Å². The van der Waals surface area contributed by atoms with Crippen LogP contribution in [0.25, 0.3) is 0 Å². The molecule has 0 spiro atoms. The van der Waals surface area contributed by atoms with Crippen LogP contribution in [0.5, 0.6) is 11.5 Å². The normalized spacial score (nSPS) is 18.6. The van der Waals surface area contributed by atoms with Crippen molar-refractivity contribution in [3.05, 3.63) is 40.1 Å². The van der Waals surface area contributed by atoms with E-state index in [4.69, 9.17) is 14.2 Å². The lowest BCUT2D eigenvalue weighted by molar-refractivity contribution is -0.908. The van der Waals surface area contributed by atoms with Crippen molar-refractivity contribution in [2.75, 3.05) is 31.8 Å². The van der Waals surface area contributed by atoms with Gasteiger partial charge in [0.2, 0.25) is 6.79 Å². The molecule has 1 unspecified atom stereocenters. The van der Waals surface area contributed by atoms with Gasteiger partial charge >= 0.3 is 0 Å². The zero-order valence-corrected chi connectivity index (χ0v) is 17.2. The van der Waals surface area contributed by atoms with Gasteiger partial charge in [-0.05, 0) is 37.3 Å². The highest BCUT2D eigenvalue weighted by Gasteiger charge is 2.26. The Morgan fingerprint density at radius 2 is 2.10 bits per heavy atom. The predicted octanol–water partition coefficient (Wildman–Crippen LogP) is 1.88. The molecule has 2 aliphatic rings. The molecular formula is C21H25N2O5S+. The van der Waals surface area contributed by atoms with Crippen molar-refractivity contribution in [1.29, 1.82) is 0 Å². The zero-order valence-electron chi connectivity index (χ0n) is 16.4. The van der Waals surface area contributed by atoms with Gasteiger partial charge in [0.15, 0.2) is 23.8 Å². The Morgan fingerprint density at radius 1 is 1.28 bits per heavy atom. The minimum atomic E-state index is -0.143. The molecule has 2 aliphatic heterocycles. The molecule has 2 atom stereocenters. The number of thiophene rings is 1. The number of quaternary nitrogens is 1. The SMILES string of the molecule is CC(=O)c1cc2c(cc1NC(=O)C[NH+](Cc1cccs1)C[C@H]1CCCO1)OCO2. The molecule has 1 fully saturated rings. The number of carbonyl (C=O) groups excluding carboxylic acids is 2. The number of hydrogen-bond acceptors (Lipinski definition) is 6. The van der Waals surface area contributed by atoms with Crippen LogP contribution >= 0.6 is 11.3 Å². The highest BCUT2D eigenvalue weighted by molar-refractivity contribution is 7.09. The molecule has 1 aromatic carbocycles. The molecular weight excluding hydrogens is 392 g/mol. The Hall–Kier alpha value is -2.42. The zero-order chi connectivity index (χ0) is 20.2. The molecule has 0 aliphatic carbocycles. The number of amides is 1. The third-order valence-electron chi connectivity index (χ3n) is 5.12. The Morgan fingerprint density at radius 3 is 2.79 bits per heavy atom. The van der Waals surface area contributed by atoms with E-state index in [0.29, 0.717) is 29.3 Å². The summed E-state index contributed by atoms with van der Waals surface area (Å²) in [7, 11) is 0. The Bertz CT molecular complexity index is 877. The number of benzene rings is 1. The van der Waals surface area contributed by atoms with Gasteiger partial charge in [-0.15, -0.1) is 11.3 Å². The fourth-order valence-corrected chi connectivity index (χ4v) is 4.53. The minimum Gasteiger partial charge on any atom is -0.454 e. The van der Waals surface area contributed by atoms with Crippen molar-refractivity contribution < 1.29 is 28.7 Å². The first-order chi connectivity index (χ1) is 14.1. The molecule has 4 rings (SSSR count). The maximum Gasteiger partial charge on any atom is 0.279 e. The Kier molecular flexibility index (Phi) is 6.13. The summed E-state index contributed by atoms with van der Waals surface area (Å²) in [6.07, 6.45) is 2.30. The van der Waals surface area contributed by atoms with Gasteiger partial charge in [-0.1, -0.05) is 6.07 Å². The highest BCUT2D eigenvalue weighted by Crippen LogP contribution is 2.37. The van der Waals surface area contributed by atoms with E-state index in [1.807, 2.05) is 11.4 Å². The molecule has 0 bridgehead atoms. The molecule has 8 heteroatoms. The number of rotatable bonds is 8. The second kappa shape index (κ2) is 8.94. The summed E-state index contributed by atoms with van der Waals surface area (Å²) >= 11 is 1.69. The smallest absolute Gasteiger partial charge is 0.279 e. The first kappa shape index (κ1) is 19.9. The summed E-state index contributed by atoms with van der Waals surface area (Å²) < 4.78 is 16.5. The van der Waals surface area contributed by atoms with Crippen LogP contribution in [-0.2, 0) is 16.1 Å². The molecule has 3 heterocycles. The predicted molar refractivity (Wildman–Crippen MR) is 109 cm³/mol. The fourth-order valence-electron chi connectivity index (χ4n) is 3.75. The van der Waals surface area contributed by atoms with Crippen molar-refractivity contribution in [3.63, 3.8) is 0 Å². The monoisotopic (exact) mass is 417 g/mol. The van der Waals surface area contributed by atoms with Crippen LogP contribution in [0.15, 0.2) is 29.6 Å². The van der Waals surface area contributed by atoms with Crippen LogP contribution in [0.2, 0.25) is 0 Å². The molecule has 2 aromatic rings. The van der Waals surface area contributed by atoms with Gasteiger partial charge in [-0.3, -0.25) is 9.59 Å². The molecule has 1 amide bonds. The van der Waals surface area contributed by atoms with Gasteiger partial charge in [0.05, 0.1) is 10.6 Å². The van der Waals surface area contributed by atoms with E-state index < -0.39 is 0 Å². The van der Waals surface area contributed by atoms with Gasteiger partial charge in [0, 0.05) is 18.2 Å². The van der Waals surface area contributed by atoms with Crippen molar-refractivity contribution in [3.8, 4) is 11.5 Å². The molecule has 0 saturated carbocycles. The first-order valence-electron chi connectivity index (χ1n) is 9.80. The summed E-state index contributed by atoms with van der Waals surface area (Å²) in [6.45, 7) is 4.23. The lowest BCUT2D eigenvalue weighted by atomic mass is 10.1. The van der Waals surface area contributed by atoms with E-state index in [0.717, 1.165) is 37.4 Å². The van der Waals surface area contributed by atoms with Crippen molar-refractivity contribution in [1.82, 2.24) is 0 Å². The van der Waals surface area contributed by atoms with Gasteiger partial charge in [0.25, 0.3) is 5.91 Å². The number of ether oxygens (including phenoxy) is 3. The van der Waals surface area contributed by atoms with Crippen LogP contribution in [0.1, 0.15) is 35.0 Å². The third-order valence-corrected chi connectivity index (χ3v) is 6.00. The number of anilines is 1. The third kappa shape index (κ3) is 4.95. The number of Topliss-reactive ketones (excluding diaryl/α,β-unsaturated/α-hetero) is 1. The summed E-state index contributed by atoms with van der Waals surface area (Å²) in [6, 6.07) is 7.40. The van der Waals surface area contributed by atoms with Crippen LogP contribution < -0.4 is 19.7 Å². The lowest BCUT2D eigenvalue weighted by Gasteiger charge is -2.22. The standard InChI is InChI=1S/C21H24N2O5S/c1-14(24)17-8-19-20(28-13-27-19)9-18(17)22-21(25)12-23(10-15-4-2-6-26-15)11-16-5-3-7-29-16/h3,5,7-9,15H,2,4,6,10-13H2,1H3,(H,22,25)/p+1/t15-/m1/s1. The molecule has 1 aromatic heterocycles. The highest BCUT2D eigenvalue weighted by atomic mass is 32.1. The Labute approximate surface area is 173 Å². The quantitative estimate of drug-likeness (QED) is 0.642. The maximum atomic E-state index is 12.8. The van der Waals surface area contributed by atoms with Crippen LogP contribution in [0.3, 0.4) is 0 Å². The maximum absolute atomic E-state index is 12.8. The largest absolute Gasteiger partial charge is 0.454 e. The molecule has 7 nitrogen and oxygen atoms in total. The van der Waals surface area contributed by atoms with Gasteiger partial charge in [-0.2, -0.15) is 0 Å². The minimum absolute atomic E-state index is 0.115. The van der Waals surface area contributed by atoms with Crippen molar-refractivity contribution in [2.24, 2.45) is 0 Å². The molecule has 1 saturated heterocycles. The average Bonchev–Trinajstić information content (AvgIpc) is 3.43. The molecule has 2 N–H and O–H groups in total. The summed E-state index contributed by atoms with van der Waals surface area (Å²) in [4.78, 5) is 27.3. The van der Waals surface area contributed by atoms with Gasteiger partial charge < -0.3 is 24.4 Å². The second-order valence-electron chi connectivity index (χ2n) is 7.38. The molecule has 154 valence electrons. The van der Waals surface area contributed by atoms with E-state index >= 15 is 0 Å². The van der Waals surface area contributed by atoms with E-state index in [-0.39, 0.29) is 24.6 Å². The second-order valence-corrected chi connectivity index (χ2v) is 8.41. The van der Waals surface area contributed by atoms with Crippen LogP contribution in [0.4, 0.5) is 5.69 Å². The van der Waals surface area contributed by atoms with Crippen molar-refractivity contribution in [2.45, 2.75) is 32.4 Å². The molecule has 0 radical (unpaired) electrons. The van der Waals surface area contributed by atoms with Crippen molar-refractivity contribution >= 4 is 28.7 Å². The van der Waals surface area contributed by atoms with E-state index in [1.54, 1.807) is 23.5 Å². The average molecular weight is 418 g/mol. The number of nitrogens with one attached hydrogen (secondary N) is 2. The summed E-state index contributed by atoms with van der Waals surface area (Å²) in [5.74, 6) is 0.778. The topological polar surface area (TPSA) is 78.3 Å². The molecule has 29 heavy (non-hydrogen) atoms. The van der Waals surface area contributed by atoms with Crippen LogP contribution in [0, 0.1) is 0 Å². The lowest BCUT2D eigenvalue weighted by Crippen LogP contribution is -3.12. The Balaban J connectivity index is 1.46. The first-order valence-corrected chi connectivity index (χ1v) is 10.7. The number of fused-ring (bicyclic) bond motifs is 1. The summed E-state index contributed by atoms with van der Waals surface area (Å²) in [5, 5.41) is 4.95. The van der Waals surface area contributed by atoms with Gasteiger partial charge in [0.1, 0.15) is 19.2 Å². The van der Waals surface area contributed by atoms with E-state index in [9.17, 15) is 9.59 Å².